The summed E-state index contributed by atoms with van der Waals surface area (Å²) in [6.45, 7) is 3.78. The number of nitrogens with one attached hydrogen (secondary N) is 2. The van der Waals surface area contributed by atoms with Crippen LogP contribution in [0.1, 0.15) is 20.3 Å². The minimum Gasteiger partial charge on any atom is -0.480 e. The summed E-state index contributed by atoms with van der Waals surface area (Å²) in [5.41, 5.74) is 0. The first-order valence-corrected chi connectivity index (χ1v) is 5.84. The quantitative estimate of drug-likeness (QED) is 0.735. The fourth-order valence-electron chi connectivity index (χ4n) is 1.22. The van der Waals surface area contributed by atoms with Crippen molar-refractivity contribution in [2.75, 3.05) is 5.32 Å². The molecule has 0 aliphatic rings. The lowest BCUT2D eigenvalue weighted by molar-refractivity contribution is -0.139. The maximum absolute atomic E-state index is 11.5. The smallest absolute Gasteiger partial charge is 0.326 e. The highest BCUT2D eigenvalue weighted by Gasteiger charge is 2.21. The number of carboxylic acid groups (broad SMARTS) is 1. The van der Waals surface area contributed by atoms with Gasteiger partial charge >= 0.3 is 12.0 Å². The van der Waals surface area contributed by atoms with Gasteiger partial charge in [0.25, 0.3) is 0 Å². The molecule has 7 nitrogen and oxygen atoms in total. The first-order valence-electron chi connectivity index (χ1n) is 5.06. The van der Waals surface area contributed by atoms with Crippen LogP contribution in [0.4, 0.5) is 9.80 Å². The molecule has 1 aromatic rings. The first kappa shape index (κ1) is 13.4. The second-order valence-electron chi connectivity index (χ2n) is 3.90. The molecule has 0 spiro atoms. The number of urea groups is 1. The van der Waals surface area contributed by atoms with E-state index in [-0.39, 0.29) is 5.92 Å². The third kappa shape index (κ3) is 4.77. The van der Waals surface area contributed by atoms with Crippen molar-refractivity contribution < 1.29 is 14.7 Å². The van der Waals surface area contributed by atoms with E-state index in [0.29, 0.717) is 11.4 Å². The molecule has 17 heavy (non-hydrogen) atoms. The number of hydrogen-bond donors (Lipinski definition) is 3. The second-order valence-corrected chi connectivity index (χ2v) is 4.69. The third-order valence-corrected chi connectivity index (χ3v) is 2.49. The number of aliphatic carboxylic acids is 1. The van der Waals surface area contributed by atoms with Crippen LogP contribution in [-0.4, -0.2) is 32.7 Å². The highest BCUT2D eigenvalue weighted by molar-refractivity contribution is 7.10. The van der Waals surface area contributed by atoms with Gasteiger partial charge in [0.05, 0.1) is 6.20 Å². The normalized spacial score (nSPS) is 12.2. The van der Waals surface area contributed by atoms with Gasteiger partial charge in [0.1, 0.15) is 11.0 Å². The number of anilines is 1. The number of carbonyl (C=O) groups is 2. The van der Waals surface area contributed by atoms with E-state index in [1.54, 1.807) is 0 Å². The lowest BCUT2D eigenvalue weighted by atomic mass is 10.0. The molecule has 0 aliphatic heterocycles. The molecule has 94 valence electrons. The molecule has 1 atom stereocenters. The van der Waals surface area contributed by atoms with Gasteiger partial charge in [0, 0.05) is 11.5 Å². The van der Waals surface area contributed by atoms with E-state index < -0.39 is 18.0 Å². The zero-order valence-corrected chi connectivity index (χ0v) is 10.3. The third-order valence-electron chi connectivity index (χ3n) is 1.91. The Bertz CT molecular complexity index is 380. The van der Waals surface area contributed by atoms with E-state index >= 15 is 0 Å². The van der Waals surface area contributed by atoms with Gasteiger partial charge in [0.2, 0.25) is 0 Å². The number of hydrogen-bond acceptors (Lipinski definition) is 5. The Hall–Kier alpha value is -1.70. The zero-order chi connectivity index (χ0) is 12.8. The van der Waals surface area contributed by atoms with Gasteiger partial charge in [-0.25, -0.2) is 9.59 Å². The van der Waals surface area contributed by atoms with Crippen LogP contribution in [0.25, 0.3) is 0 Å². The Labute approximate surface area is 102 Å². The summed E-state index contributed by atoms with van der Waals surface area (Å²) < 4.78 is 3.57. The van der Waals surface area contributed by atoms with Gasteiger partial charge in [-0.3, -0.25) is 5.32 Å². The van der Waals surface area contributed by atoms with Crippen molar-refractivity contribution in [1.29, 1.82) is 0 Å². The fraction of sp³-hybridized carbons (Fsp3) is 0.556. The van der Waals surface area contributed by atoms with Gasteiger partial charge < -0.3 is 10.4 Å². The number of carbonyl (C=O) groups excluding carboxylic acids is 1. The van der Waals surface area contributed by atoms with Crippen molar-refractivity contribution in [3.63, 3.8) is 0 Å². The molecule has 3 N–H and O–H groups in total. The summed E-state index contributed by atoms with van der Waals surface area (Å²) >= 11 is 1.02. The second kappa shape index (κ2) is 6.14. The molecule has 0 fully saturated rings. The van der Waals surface area contributed by atoms with Crippen molar-refractivity contribution in [3.05, 3.63) is 6.20 Å². The number of rotatable bonds is 5. The lowest BCUT2D eigenvalue weighted by Crippen LogP contribution is -2.43. The molecule has 1 rings (SSSR count). The van der Waals surface area contributed by atoms with Crippen LogP contribution in [0.5, 0.6) is 0 Å². The largest absolute Gasteiger partial charge is 0.480 e. The molecule has 1 aromatic heterocycles. The molecule has 0 unspecified atom stereocenters. The number of amides is 2. The average Bonchev–Trinajstić information content (AvgIpc) is 2.68. The van der Waals surface area contributed by atoms with Gasteiger partial charge in [-0.1, -0.05) is 18.3 Å². The minimum absolute atomic E-state index is 0.182. The van der Waals surface area contributed by atoms with Crippen molar-refractivity contribution in [2.24, 2.45) is 5.92 Å². The summed E-state index contributed by atoms with van der Waals surface area (Å²) in [5.74, 6) is -0.863. The summed E-state index contributed by atoms with van der Waals surface area (Å²) in [6.07, 6.45) is 1.77. The zero-order valence-electron chi connectivity index (χ0n) is 9.51. The van der Waals surface area contributed by atoms with Crippen LogP contribution in [0.15, 0.2) is 6.20 Å². The summed E-state index contributed by atoms with van der Waals surface area (Å²) in [4.78, 5) is 22.4. The molecule has 8 heteroatoms. The Kier molecular flexibility index (Phi) is 4.83. The van der Waals surface area contributed by atoms with Crippen molar-refractivity contribution in [3.8, 4) is 0 Å². The molecule has 0 radical (unpaired) electrons. The van der Waals surface area contributed by atoms with E-state index in [1.165, 1.54) is 6.20 Å². The molecule has 0 aliphatic carbocycles. The van der Waals surface area contributed by atoms with Crippen molar-refractivity contribution >= 4 is 28.5 Å². The predicted molar refractivity (Wildman–Crippen MR) is 62.9 cm³/mol. The molecule has 0 bridgehead atoms. The Balaban J connectivity index is 2.49. The van der Waals surface area contributed by atoms with Crippen LogP contribution < -0.4 is 10.6 Å². The summed E-state index contributed by atoms with van der Waals surface area (Å²) in [5, 5.41) is 17.8. The van der Waals surface area contributed by atoms with Gasteiger partial charge in [0.15, 0.2) is 0 Å². The van der Waals surface area contributed by atoms with E-state index in [9.17, 15) is 9.59 Å². The fourth-order valence-corrected chi connectivity index (χ4v) is 1.64. The van der Waals surface area contributed by atoms with Crippen LogP contribution in [0.3, 0.4) is 0 Å². The maximum atomic E-state index is 11.5. The maximum Gasteiger partial charge on any atom is 0.326 e. The Morgan fingerprint density at radius 3 is 2.71 bits per heavy atom. The average molecular weight is 258 g/mol. The highest BCUT2D eigenvalue weighted by Crippen LogP contribution is 2.09. The highest BCUT2D eigenvalue weighted by atomic mass is 32.1. The lowest BCUT2D eigenvalue weighted by Gasteiger charge is -2.16. The van der Waals surface area contributed by atoms with Gasteiger partial charge in [-0.15, -0.1) is 5.10 Å². The number of carboxylic acids is 1. The molecule has 0 saturated heterocycles. The molecule has 0 saturated carbocycles. The van der Waals surface area contributed by atoms with Crippen molar-refractivity contribution in [1.82, 2.24) is 14.9 Å². The topological polar surface area (TPSA) is 104 Å². The molecular formula is C9H14N4O3S. The summed E-state index contributed by atoms with van der Waals surface area (Å²) in [6, 6.07) is -1.46. The van der Waals surface area contributed by atoms with E-state index in [4.69, 9.17) is 5.11 Å². The van der Waals surface area contributed by atoms with E-state index in [2.05, 4.69) is 20.2 Å². The standard InChI is InChI=1S/C9H14N4O3S/c1-5(2)3-6(8(14)15)11-9(16)12-7-4-10-13-17-7/h4-6H,3H2,1-2H3,(H,14,15)(H2,11,12,16)/t6-/m0/s1. The van der Waals surface area contributed by atoms with Crippen molar-refractivity contribution in [2.45, 2.75) is 26.3 Å². The van der Waals surface area contributed by atoms with Crippen LogP contribution in [0, 0.1) is 5.92 Å². The minimum atomic E-state index is -1.05. The van der Waals surface area contributed by atoms with E-state index in [1.807, 2.05) is 13.8 Å². The first-order chi connectivity index (χ1) is 7.99. The van der Waals surface area contributed by atoms with Crippen LogP contribution in [-0.2, 0) is 4.79 Å². The van der Waals surface area contributed by atoms with E-state index in [0.717, 1.165) is 11.5 Å². The number of nitrogens with zero attached hydrogens (tertiary/aromatic N) is 2. The Morgan fingerprint density at radius 1 is 1.53 bits per heavy atom. The van der Waals surface area contributed by atoms with Crippen LogP contribution in [0.2, 0.25) is 0 Å². The molecule has 1 heterocycles. The molecular weight excluding hydrogens is 244 g/mol. The van der Waals surface area contributed by atoms with Gasteiger partial charge in [-0.2, -0.15) is 0 Å². The molecule has 0 aromatic carbocycles. The Morgan fingerprint density at radius 2 is 2.24 bits per heavy atom. The monoisotopic (exact) mass is 258 g/mol. The van der Waals surface area contributed by atoms with Gasteiger partial charge in [-0.05, 0) is 12.3 Å². The molecule has 2 amide bonds. The summed E-state index contributed by atoms with van der Waals surface area (Å²) in [7, 11) is 0. The number of aromatic nitrogens is 2. The van der Waals surface area contributed by atoms with Crippen LogP contribution >= 0.6 is 11.5 Å². The SMILES string of the molecule is CC(C)C[C@H](NC(=O)Nc1cnns1)C(=O)O. The predicted octanol–water partition coefficient (Wildman–Crippen LogP) is 1.16.